The third kappa shape index (κ3) is 2.13. The van der Waals surface area contributed by atoms with Crippen LogP contribution in [0.1, 0.15) is 6.42 Å². The first-order valence-corrected chi connectivity index (χ1v) is 6.32. The molecule has 1 aromatic rings. The smallest absolute Gasteiger partial charge is 0.0536 e. The second kappa shape index (κ2) is 4.55. The summed E-state index contributed by atoms with van der Waals surface area (Å²) in [6.45, 7) is 7.19. The molecule has 0 saturated carbocycles. The van der Waals surface area contributed by atoms with Crippen LogP contribution in [0, 0.1) is 11.8 Å². The van der Waals surface area contributed by atoms with Crippen LogP contribution in [-0.2, 0) is 6.54 Å². The Morgan fingerprint density at radius 3 is 3.06 bits per heavy atom. The average molecular weight is 220 g/mol. The minimum Gasteiger partial charge on any atom is -0.316 e. The Morgan fingerprint density at radius 1 is 1.25 bits per heavy atom. The van der Waals surface area contributed by atoms with Gasteiger partial charge in [-0.3, -0.25) is 4.68 Å². The second-order valence-electron chi connectivity index (χ2n) is 5.04. The Morgan fingerprint density at radius 2 is 2.19 bits per heavy atom. The molecule has 2 fully saturated rings. The van der Waals surface area contributed by atoms with E-state index in [1.54, 1.807) is 0 Å². The van der Waals surface area contributed by atoms with Crippen LogP contribution < -0.4 is 5.32 Å². The van der Waals surface area contributed by atoms with Crippen molar-refractivity contribution in [1.82, 2.24) is 20.0 Å². The van der Waals surface area contributed by atoms with Crippen molar-refractivity contribution in [3.8, 4) is 0 Å². The number of aromatic nitrogens is 2. The summed E-state index contributed by atoms with van der Waals surface area (Å²) in [5.41, 5.74) is 0. The minimum atomic E-state index is 0.895. The topological polar surface area (TPSA) is 33.1 Å². The van der Waals surface area contributed by atoms with Crippen molar-refractivity contribution in [3.63, 3.8) is 0 Å². The predicted molar refractivity (Wildman–Crippen MR) is 63.1 cm³/mol. The van der Waals surface area contributed by atoms with Crippen molar-refractivity contribution in [2.75, 3.05) is 32.7 Å². The molecule has 2 aliphatic heterocycles. The zero-order valence-electron chi connectivity index (χ0n) is 9.68. The molecule has 1 aromatic heterocycles. The van der Waals surface area contributed by atoms with Gasteiger partial charge >= 0.3 is 0 Å². The van der Waals surface area contributed by atoms with Gasteiger partial charge in [-0.15, -0.1) is 0 Å². The van der Waals surface area contributed by atoms with E-state index in [9.17, 15) is 0 Å². The summed E-state index contributed by atoms with van der Waals surface area (Å²) in [4.78, 5) is 2.59. The number of fused-ring (bicyclic) bond motifs is 1. The van der Waals surface area contributed by atoms with E-state index >= 15 is 0 Å². The molecule has 2 atom stereocenters. The second-order valence-corrected chi connectivity index (χ2v) is 5.04. The third-order valence-electron chi connectivity index (χ3n) is 3.99. The minimum absolute atomic E-state index is 0.895. The van der Waals surface area contributed by atoms with E-state index in [0.29, 0.717) is 0 Å². The van der Waals surface area contributed by atoms with Gasteiger partial charge in [0.25, 0.3) is 0 Å². The van der Waals surface area contributed by atoms with Gasteiger partial charge in [0.15, 0.2) is 0 Å². The number of nitrogens with zero attached hydrogens (tertiary/aromatic N) is 3. The third-order valence-corrected chi connectivity index (χ3v) is 3.99. The molecule has 2 aliphatic rings. The molecule has 4 nitrogen and oxygen atoms in total. The van der Waals surface area contributed by atoms with Crippen LogP contribution in [0.3, 0.4) is 0 Å². The molecule has 1 N–H and O–H groups in total. The first-order valence-electron chi connectivity index (χ1n) is 6.32. The van der Waals surface area contributed by atoms with E-state index < -0.39 is 0 Å². The summed E-state index contributed by atoms with van der Waals surface area (Å²) >= 11 is 0. The van der Waals surface area contributed by atoms with Gasteiger partial charge in [0, 0.05) is 25.5 Å². The fourth-order valence-corrected chi connectivity index (χ4v) is 2.99. The standard InChI is InChI=1S/C12H20N4/c1-3-14-16(4-1)7-6-15-5-2-11-8-13-9-12(11)10-15/h1,3-4,11-13H,2,5-10H2. The Labute approximate surface area is 96.6 Å². The highest BCUT2D eigenvalue weighted by atomic mass is 15.3. The van der Waals surface area contributed by atoms with Crippen molar-refractivity contribution in [2.24, 2.45) is 11.8 Å². The van der Waals surface area contributed by atoms with Crippen molar-refractivity contribution >= 4 is 0 Å². The van der Waals surface area contributed by atoms with Crippen LogP contribution in [-0.4, -0.2) is 47.4 Å². The lowest BCUT2D eigenvalue weighted by atomic mass is 9.89. The summed E-state index contributed by atoms with van der Waals surface area (Å²) < 4.78 is 2.03. The molecule has 88 valence electrons. The molecule has 16 heavy (non-hydrogen) atoms. The summed E-state index contributed by atoms with van der Waals surface area (Å²) in [6, 6.07) is 1.99. The first-order chi connectivity index (χ1) is 7.92. The van der Waals surface area contributed by atoms with Gasteiger partial charge in [0.2, 0.25) is 0 Å². The van der Waals surface area contributed by atoms with E-state index in [0.717, 1.165) is 24.9 Å². The molecule has 3 heterocycles. The van der Waals surface area contributed by atoms with Crippen LogP contribution in [0.5, 0.6) is 0 Å². The lowest BCUT2D eigenvalue weighted by molar-refractivity contribution is 0.143. The lowest BCUT2D eigenvalue weighted by Crippen LogP contribution is -2.41. The highest BCUT2D eigenvalue weighted by molar-refractivity contribution is 4.88. The maximum Gasteiger partial charge on any atom is 0.0536 e. The van der Waals surface area contributed by atoms with Crippen LogP contribution in [0.2, 0.25) is 0 Å². The van der Waals surface area contributed by atoms with E-state index in [1.165, 1.54) is 32.6 Å². The molecule has 0 amide bonds. The van der Waals surface area contributed by atoms with E-state index in [4.69, 9.17) is 0 Å². The molecule has 0 bridgehead atoms. The first kappa shape index (κ1) is 10.3. The quantitative estimate of drug-likeness (QED) is 0.801. The largest absolute Gasteiger partial charge is 0.316 e. The fourth-order valence-electron chi connectivity index (χ4n) is 2.99. The van der Waals surface area contributed by atoms with Gasteiger partial charge in [-0.1, -0.05) is 0 Å². The number of hydrogen-bond acceptors (Lipinski definition) is 3. The van der Waals surface area contributed by atoms with Gasteiger partial charge < -0.3 is 10.2 Å². The van der Waals surface area contributed by atoms with Crippen molar-refractivity contribution in [1.29, 1.82) is 0 Å². The molecule has 2 unspecified atom stereocenters. The predicted octanol–water partition coefficient (Wildman–Crippen LogP) is 0.424. The zero-order valence-corrected chi connectivity index (χ0v) is 9.68. The number of likely N-dealkylation sites (tertiary alicyclic amines) is 1. The van der Waals surface area contributed by atoms with Crippen LogP contribution in [0.15, 0.2) is 18.5 Å². The average Bonchev–Trinajstić information content (AvgIpc) is 2.97. The summed E-state index contributed by atoms with van der Waals surface area (Å²) in [6.07, 6.45) is 5.27. The van der Waals surface area contributed by atoms with E-state index in [-0.39, 0.29) is 0 Å². The SMILES string of the molecule is c1cnn(CCN2CCC3CNCC3C2)c1. The van der Waals surface area contributed by atoms with Gasteiger partial charge in [-0.05, 0) is 44.0 Å². The Bertz CT molecular complexity index is 322. The zero-order chi connectivity index (χ0) is 10.8. The van der Waals surface area contributed by atoms with Gasteiger partial charge in [-0.2, -0.15) is 5.10 Å². The fraction of sp³-hybridized carbons (Fsp3) is 0.750. The van der Waals surface area contributed by atoms with Crippen LogP contribution >= 0.6 is 0 Å². The van der Waals surface area contributed by atoms with Gasteiger partial charge in [-0.25, -0.2) is 0 Å². The lowest BCUT2D eigenvalue weighted by Gasteiger charge is -2.34. The summed E-state index contributed by atoms with van der Waals surface area (Å²) in [5, 5.41) is 7.76. The number of nitrogens with one attached hydrogen (secondary N) is 1. The van der Waals surface area contributed by atoms with Crippen molar-refractivity contribution < 1.29 is 0 Å². The Balaban J connectivity index is 1.49. The van der Waals surface area contributed by atoms with Gasteiger partial charge in [0.05, 0.1) is 6.54 Å². The van der Waals surface area contributed by atoms with Crippen LogP contribution in [0.4, 0.5) is 0 Å². The number of rotatable bonds is 3. The molecule has 3 rings (SSSR count). The van der Waals surface area contributed by atoms with Crippen molar-refractivity contribution in [3.05, 3.63) is 18.5 Å². The Hall–Kier alpha value is -0.870. The molecule has 0 radical (unpaired) electrons. The van der Waals surface area contributed by atoms with E-state index in [1.807, 2.05) is 23.1 Å². The molecule has 2 saturated heterocycles. The molecule has 0 spiro atoms. The summed E-state index contributed by atoms with van der Waals surface area (Å²) in [5.74, 6) is 1.84. The normalized spacial score (nSPS) is 30.5. The highest BCUT2D eigenvalue weighted by Crippen LogP contribution is 2.26. The maximum atomic E-state index is 4.24. The number of piperidine rings is 1. The van der Waals surface area contributed by atoms with Crippen LogP contribution in [0.25, 0.3) is 0 Å². The molecular formula is C12H20N4. The number of hydrogen-bond donors (Lipinski definition) is 1. The Kier molecular flexibility index (Phi) is 2.93. The van der Waals surface area contributed by atoms with Gasteiger partial charge in [0.1, 0.15) is 0 Å². The molecule has 4 heteroatoms. The van der Waals surface area contributed by atoms with E-state index in [2.05, 4.69) is 15.3 Å². The maximum absolute atomic E-state index is 4.24. The molecular weight excluding hydrogens is 200 g/mol. The summed E-state index contributed by atoms with van der Waals surface area (Å²) in [7, 11) is 0. The molecule has 0 aliphatic carbocycles. The monoisotopic (exact) mass is 220 g/mol. The molecule has 0 aromatic carbocycles. The highest BCUT2D eigenvalue weighted by Gasteiger charge is 2.32. The van der Waals surface area contributed by atoms with Crippen molar-refractivity contribution in [2.45, 2.75) is 13.0 Å².